The lowest BCUT2D eigenvalue weighted by atomic mass is 9.98. The van der Waals surface area contributed by atoms with Crippen LogP contribution < -0.4 is 0 Å². The summed E-state index contributed by atoms with van der Waals surface area (Å²) >= 11 is 0. The van der Waals surface area contributed by atoms with Crippen LogP contribution in [0.3, 0.4) is 0 Å². The first-order valence-electron chi connectivity index (χ1n) is 9.68. The van der Waals surface area contributed by atoms with Gasteiger partial charge in [0, 0.05) is 19.7 Å². The third-order valence-corrected chi connectivity index (χ3v) is 5.29. The first-order valence-corrected chi connectivity index (χ1v) is 9.68. The highest BCUT2D eigenvalue weighted by atomic mass is 16.3. The van der Waals surface area contributed by atoms with Gasteiger partial charge in [-0.2, -0.15) is 0 Å². The van der Waals surface area contributed by atoms with Crippen LogP contribution in [0.5, 0.6) is 0 Å². The second-order valence-electron chi connectivity index (χ2n) is 7.25. The summed E-state index contributed by atoms with van der Waals surface area (Å²) in [4.78, 5) is 14.7. The Morgan fingerprint density at radius 3 is 2.32 bits per heavy atom. The van der Waals surface area contributed by atoms with E-state index >= 15 is 0 Å². The SMILES string of the molecule is O=C(c1cn(C(c2ccccc2)c2ccccc2)nn1)N1CCCC(CO)C1. The number of amides is 1. The van der Waals surface area contributed by atoms with Gasteiger partial charge in [-0.1, -0.05) is 65.9 Å². The molecule has 6 heteroatoms. The molecule has 0 spiro atoms. The van der Waals surface area contributed by atoms with Gasteiger partial charge >= 0.3 is 0 Å². The Bertz CT molecular complexity index is 871. The number of carbonyl (C=O) groups excluding carboxylic acids is 1. The Morgan fingerprint density at radius 2 is 1.71 bits per heavy atom. The number of hydrogen-bond donors (Lipinski definition) is 1. The molecule has 1 aliphatic heterocycles. The Labute approximate surface area is 164 Å². The molecule has 4 rings (SSSR count). The van der Waals surface area contributed by atoms with Gasteiger partial charge in [0.1, 0.15) is 6.04 Å². The van der Waals surface area contributed by atoms with E-state index in [-0.39, 0.29) is 24.5 Å². The molecule has 0 radical (unpaired) electrons. The molecule has 0 bridgehead atoms. The minimum absolute atomic E-state index is 0.112. The smallest absolute Gasteiger partial charge is 0.276 e. The molecular weight excluding hydrogens is 352 g/mol. The van der Waals surface area contributed by atoms with Crippen LogP contribution in [0.2, 0.25) is 0 Å². The lowest BCUT2D eigenvalue weighted by Gasteiger charge is -2.31. The summed E-state index contributed by atoms with van der Waals surface area (Å²) in [6, 6.07) is 20.0. The lowest BCUT2D eigenvalue weighted by molar-refractivity contribution is 0.0615. The number of aliphatic hydroxyl groups is 1. The molecule has 1 aliphatic rings. The van der Waals surface area contributed by atoms with Crippen molar-refractivity contribution in [1.82, 2.24) is 19.9 Å². The third kappa shape index (κ3) is 3.82. The van der Waals surface area contributed by atoms with Gasteiger partial charge in [-0.15, -0.1) is 5.10 Å². The molecule has 1 amide bonds. The number of carbonyl (C=O) groups is 1. The molecule has 1 fully saturated rings. The average Bonchev–Trinajstić information content (AvgIpc) is 3.24. The van der Waals surface area contributed by atoms with Crippen molar-refractivity contribution in [3.63, 3.8) is 0 Å². The molecule has 144 valence electrons. The summed E-state index contributed by atoms with van der Waals surface area (Å²) in [5, 5.41) is 17.9. The van der Waals surface area contributed by atoms with Crippen LogP contribution in [-0.4, -0.2) is 50.6 Å². The van der Waals surface area contributed by atoms with E-state index in [9.17, 15) is 9.90 Å². The van der Waals surface area contributed by atoms with Gasteiger partial charge in [-0.25, -0.2) is 4.68 Å². The van der Waals surface area contributed by atoms with Gasteiger partial charge < -0.3 is 10.0 Å². The number of piperidine rings is 1. The zero-order chi connectivity index (χ0) is 19.3. The van der Waals surface area contributed by atoms with Crippen molar-refractivity contribution in [2.45, 2.75) is 18.9 Å². The van der Waals surface area contributed by atoms with Gasteiger partial charge in [-0.05, 0) is 29.9 Å². The van der Waals surface area contributed by atoms with E-state index < -0.39 is 0 Å². The van der Waals surface area contributed by atoms with Gasteiger partial charge in [0.2, 0.25) is 0 Å². The molecule has 0 saturated carbocycles. The third-order valence-electron chi connectivity index (χ3n) is 5.29. The van der Waals surface area contributed by atoms with E-state index in [1.165, 1.54) is 0 Å². The molecule has 1 atom stereocenters. The number of aromatic nitrogens is 3. The van der Waals surface area contributed by atoms with E-state index in [2.05, 4.69) is 34.6 Å². The number of rotatable bonds is 5. The van der Waals surface area contributed by atoms with Gasteiger partial charge in [-0.3, -0.25) is 4.79 Å². The van der Waals surface area contributed by atoms with Crippen LogP contribution in [0.4, 0.5) is 0 Å². The van der Waals surface area contributed by atoms with Crippen LogP contribution in [0.1, 0.15) is 40.5 Å². The molecular formula is C22H24N4O2. The Balaban J connectivity index is 1.63. The Morgan fingerprint density at radius 1 is 1.07 bits per heavy atom. The van der Waals surface area contributed by atoms with Crippen LogP contribution in [0.15, 0.2) is 66.9 Å². The van der Waals surface area contributed by atoms with E-state index in [0.717, 1.165) is 24.0 Å². The fraction of sp³-hybridized carbons (Fsp3) is 0.318. The molecule has 1 unspecified atom stereocenters. The van der Waals surface area contributed by atoms with E-state index in [1.807, 2.05) is 36.4 Å². The van der Waals surface area contributed by atoms with Crippen LogP contribution in [-0.2, 0) is 0 Å². The summed E-state index contributed by atoms with van der Waals surface area (Å²) in [5.41, 5.74) is 2.50. The molecule has 3 aromatic rings. The average molecular weight is 376 g/mol. The van der Waals surface area contributed by atoms with E-state index in [1.54, 1.807) is 15.8 Å². The second-order valence-corrected chi connectivity index (χ2v) is 7.25. The van der Waals surface area contributed by atoms with Gasteiger partial charge in [0.05, 0.1) is 6.20 Å². The quantitative estimate of drug-likeness (QED) is 0.743. The number of likely N-dealkylation sites (tertiary alicyclic amines) is 1. The molecule has 0 aliphatic carbocycles. The molecule has 1 saturated heterocycles. The number of benzene rings is 2. The first kappa shape index (κ1) is 18.4. The maximum Gasteiger partial charge on any atom is 0.276 e. The highest BCUT2D eigenvalue weighted by Crippen LogP contribution is 2.26. The predicted molar refractivity (Wildman–Crippen MR) is 106 cm³/mol. The minimum atomic E-state index is -0.150. The number of aliphatic hydroxyl groups excluding tert-OH is 1. The maximum absolute atomic E-state index is 12.9. The number of nitrogens with zero attached hydrogens (tertiary/aromatic N) is 4. The molecule has 1 N–H and O–H groups in total. The van der Waals surface area contributed by atoms with Crippen LogP contribution in [0.25, 0.3) is 0 Å². The summed E-state index contributed by atoms with van der Waals surface area (Å²) in [5.74, 6) is 0.0263. The summed E-state index contributed by atoms with van der Waals surface area (Å²) < 4.78 is 1.76. The van der Waals surface area contributed by atoms with Crippen molar-refractivity contribution < 1.29 is 9.90 Å². The van der Waals surface area contributed by atoms with Crippen molar-refractivity contribution >= 4 is 5.91 Å². The van der Waals surface area contributed by atoms with Gasteiger partial charge in [0.25, 0.3) is 5.91 Å². The van der Waals surface area contributed by atoms with Crippen molar-refractivity contribution in [3.05, 3.63) is 83.7 Å². The highest BCUT2D eigenvalue weighted by Gasteiger charge is 2.27. The monoisotopic (exact) mass is 376 g/mol. The number of hydrogen-bond acceptors (Lipinski definition) is 4. The molecule has 28 heavy (non-hydrogen) atoms. The Kier molecular flexibility index (Phi) is 5.48. The van der Waals surface area contributed by atoms with Crippen LogP contribution >= 0.6 is 0 Å². The van der Waals surface area contributed by atoms with Crippen molar-refractivity contribution in [2.75, 3.05) is 19.7 Å². The van der Waals surface area contributed by atoms with E-state index in [0.29, 0.717) is 18.8 Å². The summed E-state index contributed by atoms with van der Waals surface area (Å²) in [6.45, 7) is 1.38. The standard InChI is InChI=1S/C22H24N4O2/c27-16-17-8-7-13-25(14-17)22(28)20-15-26(24-23-20)21(18-9-3-1-4-10-18)19-11-5-2-6-12-19/h1-6,9-12,15,17,21,27H,7-8,13-14,16H2. The van der Waals surface area contributed by atoms with Crippen molar-refractivity contribution in [1.29, 1.82) is 0 Å². The zero-order valence-corrected chi connectivity index (χ0v) is 15.7. The fourth-order valence-corrected chi connectivity index (χ4v) is 3.83. The zero-order valence-electron chi connectivity index (χ0n) is 15.7. The lowest BCUT2D eigenvalue weighted by Crippen LogP contribution is -2.41. The maximum atomic E-state index is 12.9. The normalized spacial score (nSPS) is 17.1. The predicted octanol–water partition coefficient (Wildman–Crippen LogP) is 2.76. The summed E-state index contributed by atoms with van der Waals surface area (Å²) in [6.07, 6.45) is 3.59. The van der Waals surface area contributed by atoms with Crippen molar-refractivity contribution in [3.8, 4) is 0 Å². The van der Waals surface area contributed by atoms with Crippen LogP contribution in [0, 0.1) is 5.92 Å². The topological polar surface area (TPSA) is 71.2 Å². The van der Waals surface area contributed by atoms with Crippen molar-refractivity contribution in [2.24, 2.45) is 5.92 Å². The fourth-order valence-electron chi connectivity index (χ4n) is 3.83. The molecule has 6 nitrogen and oxygen atoms in total. The first-order chi connectivity index (χ1) is 13.8. The van der Waals surface area contributed by atoms with E-state index in [4.69, 9.17) is 0 Å². The second kappa shape index (κ2) is 8.35. The highest BCUT2D eigenvalue weighted by molar-refractivity contribution is 5.92. The molecule has 2 heterocycles. The molecule has 1 aromatic heterocycles. The Hall–Kier alpha value is -2.99. The van der Waals surface area contributed by atoms with Gasteiger partial charge in [0.15, 0.2) is 5.69 Å². The largest absolute Gasteiger partial charge is 0.396 e. The molecule has 2 aromatic carbocycles. The minimum Gasteiger partial charge on any atom is -0.396 e. The summed E-state index contributed by atoms with van der Waals surface area (Å²) in [7, 11) is 0.